The van der Waals surface area contributed by atoms with Crippen LogP contribution >= 0.6 is 11.6 Å². The largest absolute Gasteiger partial charge is 0.507 e. The summed E-state index contributed by atoms with van der Waals surface area (Å²) in [5.74, 6) is -1.12. The molecular formula is C24H19ClN2O4. The molecule has 1 unspecified atom stereocenters. The van der Waals surface area contributed by atoms with E-state index in [1.54, 1.807) is 73.1 Å². The number of rotatable bonds is 5. The average molecular weight is 435 g/mol. The van der Waals surface area contributed by atoms with E-state index in [0.29, 0.717) is 34.2 Å². The number of hydrogen-bond acceptors (Lipinski definition) is 5. The van der Waals surface area contributed by atoms with Crippen LogP contribution in [0.1, 0.15) is 24.1 Å². The maximum Gasteiger partial charge on any atom is 0.300 e. The average Bonchev–Trinajstić information content (AvgIpc) is 3.05. The molecule has 0 spiro atoms. The minimum atomic E-state index is -0.826. The van der Waals surface area contributed by atoms with E-state index < -0.39 is 17.7 Å². The number of anilines is 1. The van der Waals surface area contributed by atoms with E-state index in [0.717, 1.165) is 0 Å². The Labute approximate surface area is 184 Å². The highest BCUT2D eigenvalue weighted by molar-refractivity contribution is 6.51. The summed E-state index contributed by atoms with van der Waals surface area (Å²) in [6.07, 6.45) is 3.15. The third-order valence-electron chi connectivity index (χ3n) is 4.99. The Kier molecular flexibility index (Phi) is 5.73. The molecule has 31 heavy (non-hydrogen) atoms. The highest BCUT2D eigenvalue weighted by atomic mass is 35.5. The van der Waals surface area contributed by atoms with Crippen LogP contribution in [-0.4, -0.2) is 28.4 Å². The second kappa shape index (κ2) is 8.62. The molecule has 1 aliphatic rings. The summed E-state index contributed by atoms with van der Waals surface area (Å²) < 4.78 is 5.43. The van der Waals surface area contributed by atoms with Crippen LogP contribution in [-0.2, 0) is 9.59 Å². The number of aliphatic hydroxyl groups excluding tert-OH is 1. The lowest BCUT2D eigenvalue weighted by molar-refractivity contribution is -0.132. The highest BCUT2D eigenvalue weighted by Crippen LogP contribution is 2.42. The van der Waals surface area contributed by atoms with Gasteiger partial charge in [0.25, 0.3) is 11.7 Å². The summed E-state index contributed by atoms with van der Waals surface area (Å²) in [5, 5.41) is 11.5. The van der Waals surface area contributed by atoms with Crippen LogP contribution < -0.4 is 9.64 Å². The van der Waals surface area contributed by atoms with Crippen LogP contribution in [0.5, 0.6) is 5.75 Å². The maximum absolute atomic E-state index is 13.1. The van der Waals surface area contributed by atoms with Crippen molar-refractivity contribution >= 4 is 34.7 Å². The second-order valence-electron chi connectivity index (χ2n) is 6.89. The van der Waals surface area contributed by atoms with Gasteiger partial charge in [0.1, 0.15) is 11.5 Å². The zero-order valence-electron chi connectivity index (χ0n) is 16.7. The number of amides is 1. The van der Waals surface area contributed by atoms with Crippen molar-refractivity contribution < 1.29 is 19.4 Å². The number of pyridine rings is 1. The number of ketones is 1. The molecule has 156 valence electrons. The fourth-order valence-corrected chi connectivity index (χ4v) is 3.80. The van der Waals surface area contributed by atoms with Gasteiger partial charge in [-0.1, -0.05) is 17.7 Å². The Hall–Kier alpha value is -3.64. The summed E-state index contributed by atoms with van der Waals surface area (Å²) in [6.45, 7) is 2.39. The van der Waals surface area contributed by atoms with Gasteiger partial charge in [-0.2, -0.15) is 0 Å². The van der Waals surface area contributed by atoms with E-state index >= 15 is 0 Å². The van der Waals surface area contributed by atoms with Gasteiger partial charge in [0.05, 0.1) is 18.2 Å². The first-order valence-corrected chi connectivity index (χ1v) is 10.1. The summed E-state index contributed by atoms with van der Waals surface area (Å²) >= 11 is 6.13. The minimum Gasteiger partial charge on any atom is -0.507 e. The Balaban J connectivity index is 1.88. The minimum absolute atomic E-state index is 0.000311. The van der Waals surface area contributed by atoms with Gasteiger partial charge in [-0.25, -0.2) is 0 Å². The van der Waals surface area contributed by atoms with E-state index in [9.17, 15) is 14.7 Å². The van der Waals surface area contributed by atoms with Crippen LogP contribution in [0.3, 0.4) is 0 Å². The predicted octanol–water partition coefficient (Wildman–Crippen LogP) is 4.76. The molecule has 1 aliphatic heterocycles. The number of carbonyl (C=O) groups excluding carboxylic acids is 2. The molecule has 1 atom stereocenters. The van der Waals surface area contributed by atoms with Gasteiger partial charge in [0, 0.05) is 28.7 Å². The number of benzene rings is 2. The van der Waals surface area contributed by atoms with Gasteiger partial charge in [-0.15, -0.1) is 0 Å². The molecule has 1 aromatic heterocycles. The standard InChI is InChI=1S/C24H19ClN2O4/c1-2-31-19-8-6-16(7-9-19)22(28)20-21(15-10-12-26-13-11-15)27(24(30)23(20)29)18-5-3-4-17(25)14-18/h3-14,21,28H,2H2,1H3/b22-20+. The van der Waals surface area contributed by atoms with Crippen molar-refractivity contribution in [3.63, 3.8) is 0 Å². The van der Waals surface area contributed by atoms with Crippen LogP contribution in [0, 0.1) is 0 Å². The number of hydrogen-bond donors (Lipinski definition) is 1. The zero-order valence-corrected chi connectivity index (χ0v) is 17.4. The smallest absolute Gasteiger partial charge is 0.300 e. The van der Waals surface area contributed by atoms with Crippen molar-refractivity contribution in [2.24, 2.45) is 0 Å². The molecular weight excluding hydrogens is 416 g/mol. The number of halogens is 1. The summed E-state index contributed by atoms with van der Waals surface area (Å²) in [7, 11) is 0. The fourth-order valence-electron chi connectivity index (χ4n) is 3.62. The van der Waals surface area contributed by atoms with Crippen molar-refractivity contribution in [3.8, 4) is 5.75 Å². The zero-order chi connectivity index (χ0) is 22.0. The molecule has 1 fully saturated rings. The number of carbonyl (C=O) groups is 2. The number of aromatic nitrogens is 1. The fraction of sp³-hybridized carbons (Fsp3) is 0.125. The first-order chi connectivity index (χ1) is 15.0. The lowest BCUT2D eigenvalue weighted by Gasteiger charge is -2.25. The molecule has 0 bridgehead atoms. The number of Topliss-reactive ketones (excluding diaryl/α,β-unsaturated/α-hetero) is 1. The Morgan fingerprint density at radius 1 is 1.10 bits per heavy atom. The van der Waals surface area contributed by atoms with Crippen molar-refractivity contribution in [2.45, 2.75) is 13.0 Å². The topological polar surface area (TPSA) is 79.7 Å². The van der Waals surface area contributed by atoms with E-state index in [-0.39, 0.29) is 11.3 Å². The number of nitrogens with zero attached hydrogens (tertiary/aromatic N) is 2. The first kappa shape index (κ1) is 20.6. The first-order valence-electron chi connectivity index (χ1n) is 9.71. The quantitative estimate of drug-likeness (QED) is 0.356. The summed E-state index contributed by atoms with van der Waals surface area (Å²) in [5.41, 5.74) is 1.51. The van der Waals surface area contributed by atoms with E-state index in [2.05, 4.69) is 4.98 Å². The normalized spacial score (nSPS) is 17.7. The van der Waals surface area contributed by atoms with Gasteiger partial charge in [-0.3, -0.25) is 19.5 Å². The highest BCUT2D eigenvalue weighted by Gasteiger charge is 2.47. The van der Waals surface area contributed by atoms with Crippen molar-refractivity contribution in [3.05, 3.63) is 94.8 Å². The van der Waals surface area contributed by atoms with Crippen molar-refractivity contribution in [2.75, 3.05) is 11.5 Å². The maximum atomic E-state index is 13.1. The molecule has 4 rings (SSSR count). The molecule has 2 aromatic carbocycles. The lowest BCUT2D eigenvalue weighted by Crippen LogP contribution is -2.29. The van der Waals surface area contributed by atoms with Crippen LogP contribution in [0.4, 0.5) is 5.69 Å². The van der Waals surface area contributed by atoms with E-state index in [4.69, 9.17) is 16.3 Å². The van der Waals surface area contributed by atoms with E-state index in [1.807, 2.05) is 6.92 Å². The molecule has 6 nitrogen and oxygen atoms in total. The number of ether oxygens (including phenoxy) is 1. The van der Waals surface area contributed by atoms with Gasteiger partial charge in [0.2, 0.25) is 0 Å². The van der Waals surface area contributed by atoms with Gasteiger partial charge in [0.15, 0.2) is 0 Å². The third kappa shape index (κ3) is 3.90. The summed E-state index contributed by atoms with van der Waals surface area (Å²) in [6, 6.07) is 16.0. The van der Waals surface area contributed by atoms with Crippen LogP contribution in [0.15, 0.2) is 78.6 Å². The molecule has 2 heterocycles. The monoisotopic (exact) mass is 434 g/mol. The SMILES string of the molecule is CCOc1ccc(/C(O)=C2\C(=O)C(=O)N(c3cccc(Cl)c3)C2c2ccncc2)cc1. The molecule has 7 heteroatoms. The van der Waals surface area contributed by atoms with E-state index in [1.165, 1.54) is 4.90 Å². The van der Waals surface area contributed by atoms with Crippen LogP contribution in [0.2, 0.25) is 5.02 Å². The Morgan fingerprint density at radius 3 is 2.45 bits per heavy atom. The predicted molar refractivity (Wildman–Crippen MR) is 118 cm³/mol. The van der Waals surface area contributed by atoms with Crippen molar-refractivity contribution in [1.29, 1.82) is 0 Å². The number of aliphatic hydroxyl groups is 1. The Bertz CT molecular complexity index is 1160. The van der Waals surface area contributed by atoms with Crippen molar-refractivity contribution in [1.82, 2.24) is 4.98 Å². The Morgan fingerprint density at radius 2 is 1.81 bits per heavy atom. The lowest BCUT2D eigenvalue weighted by atomic mass is 9.95. The molecule has 1 N–H and O–H groups in total. The summed E-state index contributed by atoms with van der Waals surface area (Å²) in [4.78, 5) is 31.5. The van der Waals surface area contributed by atoms with Crippen LogP contribution in [0.25, 0.3) is 5.76 Å². The molecule has 0 aliphatic carbocycles. The van der Waals surface area contributed by atoms with Gasteiger partial charge in [-0.05, 0) is 67.1 Å². The van der Waals surface area contributed by atoms with Gasteiger partial charge < -0.3 is 9.84 Å². The molecule has 1 saturated heterocycles. The molecule has 1 amide bonds. The van der Waals surface area contributed by atoms with Gasteiger partial charge >= 0.3 is 0 Å². The second-order valence-corrected chi connectivity index (χ2v) is 7.32. The molecule has 0 saturated carbocycles. The molecule has 3 aromatic rings. The third-order valence-corrected chi connectivity index (χ3v) is 5.23. The molecule has 0 radical (unpaired) electrons.